The SMILES string of the molecule is N=Cc1cc(NC(=O)C2=CC3C=CC(c4nccc(Nc5ccc6[nH]ncc6c5)n4)=CC3N2)ccc1N. The first-order valence-corrected chi connectivity index (χ1v) is 11.7. The van der Waals surface area contributed by atoms with Crippen LogP contribution in [0.3, 0.4) is 0 Å². The minimum absolute atomic E-state index is 0.0380. The van der Waals surface area contributed by atoms with Gasteiger partial charge in [0.2, 0.25) is 0 Å². The quantitative estimate of drug-likeness (QED) is 0.178. The molecule has 6 rings (SSSR count). The number of nitrogens with one attached hydrogen (secondary N) is 5. The lowest BCUT2D eigenvalue weighted by Crippen LogP contribution is -2.31. The van der Waals surface area contributed by atoms with Gasteiger partial charge in [0, 0.05) is 51.9 Å². The summed E-state index contributed by atoms with van der Waals surface area (Å²) in [5.41, 5.74) is 10.7. The fourth-order valence-corrected chi connectivity index (χ4v) is 4.41. The van der Waals surface area contributed by atoms with E-state index < -0.39 is 0 Å². The summed E-state index contributed by atoms with van der Waals surface area (Å²) in [4.78, 5) is 22.0. The third-order valence-corrected chi connectivity index (χ3v) is 6.32. The number of hydrogen-bond donors (Lipinski definition) is 6. The van der Waals surface area contributed by atoms with Crippen molar-refractivity contribution in [2.24, 2.45) is 5.92 Å². The minimum atomic E-state index is -0.254. The number of nitrogens with two attached hydrogens (primary N) is 1. The van der Waals surface area contributed by atoms with Gasteiger partial charge < -0.3 is 27.1 Å². The maximum atomic E-state index is 12.9. The van der Waals surface area contributed by atoms with Crippen LogP contribution in [0.25, 0.3) is 16.5 Å². The van der Waals surface area contributed by atoms with Crippen molar-refractivity contribution in [2.45, 2.75) is 6.04 Å². The summed E-state index contributed by atoms with van der Waals surface area (Å²) in [6.07, 6.45) is 12.6. The van der Waals surface area contributed by atoms with Crippen LogP contribution < -0.4 is 21.7 Å². The van der Waals surface area contributed by atoms with E-state index in [9.17, 15) is 4.79 Å². The molecule has 2 atom stereocenters. The van der Waals surface area contributed by atoms with E-state index in [0.717, 1.165) is 28.4 Å². The second-order valence-electron chi connectivity index (χ2n) is 8.81. The lowest BCUT2D eigenvalue weighted by molar-refractivity contribution is -0.113. The first-order chi connectivity index (χ1) is 18.1. The van der Waals surface area contributed by atoms with E-state index in [1.54, 1.807) is 30.6 Å². The zero-order valence-corrected chi connectivity index (χ0v) is 19.6. The van der Waals surface area contributed by atoms with Crippen LogP contribution >= 0.6 is 0 Å². The molecule has 1 amide bonds. The molecule has 7 N–H and O–H groups in total. The van der Waals surface area contributed by atoms with E-state index >= 15 is 0 Å². The molecule has 2 aliphatic rings. The van der Waals surface area contributed by atoms with Gasteiger partial charge in [-0.15, -0.1) is 0 Å². The average Bonchev–Trinajstić information content (AvgIpc) is 3.56. The molecule has 0 radical (unpaired) electrons. The van der Waals surface area contributed by atoms with Gasteiger partial charge in [0.15, 0.2) is 5.82 Å². The molecule has 2 unspecified atom stereocenters. The monoisotopic (exact) mass is 489 g/mol. The van der Waals surface area contributed by atoms with Crippen LogP contribution in [-0.2, 0) is 4.79 Å². The predicted molar refractivity (Wildman–Crippen MR) is 144 cm³/mol. The zero-order chi connectivity index (χ0) is 25.4. The Kier molecular flexibility index (Phi) is 5.45. The highest BCUT2D eigenvalue weighted by atomic mass is 16.2. The Morgan fingerprint density at radius 1 is 1.11 bits per heavy atom. The van der Waals surface area contributed by atoms with E-state index in [1.807, 2.05) is 48.6 Å². The number of aromatic nitrogens is 4. The maximum absolute atomic E-state index is 12.9. The molecule has 0 saturated carbocycles. The van der Waals surface area contributed by atoms with Gasteiger partial charge in [-0.05, 0) is 48.5 Å². The van der Waals surface area contributed by atoms with Gasteiger partial charge in [0.25, 0.3) is 5.91 Å². The third kappa shape index (κ3) is 4.43. The number of rotatable bonds is 6. The molecule has 0 saturated heterocycles. The topological polar surface area (TPSA) is 157 Å². The number of hydrogen-bond acceptors (Lipinski definition) is 8. The van der Waals surface area contributed by atoms with Gasteiger partial charge in [-0.2, -0.15) is 5.10 Å². The number of nitrogen functional groups attached to an aromatic ring is 1. The molecular weight excluding hydrogens is 466 g/mol. The Morgan fingerprint density at radius 3 is 2.89 bits per heavy atom. The number of nitrogens with zero attached hydrogens (tertiary/aromatic N) is 3. The molecule has 2 aromatic heterocycles. The van der Waals surface area contributed by atoms with Crippen molar-refractivity contribution in [3.8, 4) is 0 Å². The van der Waals surface area contributed by atoms with Crippen LogP contribution in [-0.4, -0.2) is 38.3 Å². The average molecular weight is 490 g/mol. The largest absolute Gasteiger partial charge is 0.398 e. The first-order valence-electron chi connectivity index (χ1n) is 11.7. The van der Waals surface area contributed by atoms with Gasteiger partial charge in [0.05, 0.1) is 23.5 Å². The normalized spacial score (nSPS) is 17.9. The van der Waals surface area contributed by atoms with Crippen LogP contribution in [0.2, 0.25) is 0 Å². The van der Waals surface area contributed by atoms with Gasteiger partial charge in [-0.1, -0.05) is 18.2 Å². The van der Waals surface area contributed by atoms with Crippen LogP contribution in [0.1, 0.15) is 11.4 Å². The summed E-state index contributed by atoms with van der Waals surface area (Å²) in [7, 11) is 0. The number of aromatic amines is 1. The molecule has 182 valence electrons. The van der Waals surface area contributed by atoms with E-state index in [4.69, 9.17) is 11.1 Å². The highest BCUT2D eigenvalue weighted by Crippen LogP contribution is 2.29. The lowest BCUT2D eigenvalue weighted by atomic mass is 9.93. The number of amides is 1. The van der Waals surface area contributed by atoms with Crippen molar-refractivity contribution in [3.63, 3.8) is 0 Å². The van der Waals surface area contributed by atoms with Crippen LogP contribution in [0.5, 0.6) is 0 Å². The number of carbonyl (C=O) groups excluding carboxylic acids is 1. The molecule has 10 heteroatoms. The van der Waals surface area contributed by atoms with E-state index in [1.165, 1.54) is 0 Å². The molecule has 0 bridgehead atoms. The molecule has 10 nitrogen and oxygen atoms in total. The number of carbonyl (C=O) groups is 1. The van der Waals surface area contributed by atoms with Crippen molar-refractivity contribution in [1.82, 2.24) is 25.5 Å². The minimum Gasteiger partial charge on any atom is -0.398 e. The second-order valence-corrected chi connectivity index (χ2v) is 8.81. The predicted octanol–water partition coefficient (Wildman–Crippen LogP) is 3.74. The number of H-pyrrole nitrogens is 1. The van der Waals surface area contributed by atoms with Gasteiger partial charge in [-0.25, -0.2) is 9.97 Å². The van der Waals surface area contributed by atoms with E-state index in [2.05, 4.69) is 36.1 Å². The number of benzene rings is 2. The third-order valence-electron chi connectivity index (χ3n) is 6.32. The van der Waals surface area contributed by atoms with Crippen molar-refractivity contribution in [1.29, 1.82) is 5.41 Å². The molecule has 37 heavy (non-hydrogen) atoms. The van der Waals surface area contributed by atoms with Crippen LogP contribution in [0.15, 0.2) is 84.9 Å². The van der Waals surface area contributed by atoms with E-state index in [0.29, 0.717) is 34.3 Å². The second kappa shape index (κ2) is 9.08. The molecule has 3 heterocycles. The van der Waals surface area contributed by atoms with E-state index in [-0.39, 0.29) is 17.9 Å². The summed E-state index contributed by atoms with van der Waals surface area (Å²) in [5, 5.41) is 24.9. The molecule has 2 aromatic carbocycles. The number of anilines is 4. The smallest absolute Gasteiger partial charge is 0.271 e. The van der Waals surface area contributed by atoms with Crippen molar-refractivity contribution < 1.29 is 4.79 Å². The Hall–Kier alpha value is -5.25. The molecule has 1 aliphatic heterocycles. The maximum Gasteiger partial charge on any atom is 0.271 e. The van der Waals surface area contributed by atoms with Crippen molar-refractivity contribution in [3.05, 3.63) is 96.2 Å². The van der Waals surface area contributed by atoms with Crippen molar-refractivity contribution in [2.75, 3.05) is 16.4 Å². The van der Waals surface area contributed by atoms with Crippen LogP contribution in [0.4, 0.5) is 22.9 Å². The highest BCUT2D eigenvalue weighted by molar-refractivity contribution is 6.04. The number of fused-ring (bicyclic) bond motifs is 2. The highest BCUT2D eigenvalue weighted by Gasteiger charge is 2.29. The number of allylic oxidation sites excluding steroid dienone is 2. The van der Waals surface area contributed by atoms with Gasteiger partial charge in [-0.3, -0.25) is 9.89 Å². The Balaban J connectivity index is 1.15. The molecule has 0 spiro atoms. The molecule has 0 fully saturated rings. The molecule has 4 aromatic rings. The fourth-order valence-electron chi connectivity index (χ4n) is 4.41. The summed E-state index contributed by atoms with van der Waals surface area (Å²) in [6.45, 7) is 0. The fraction of sp³-hybridized carbons (Fsp3) is 0.0741. The summed E-state index contributed by atoms with van der Waals surface area (Å²) in [5.74, 6) is 1.05. The first kappa shape index (κ1) is 22.2. The lowest BCUT2D eigenvalue weighted by Gasteiger charge is -2.19. The van der Waals surface area contributed by atoms with Crippen molar-refractivity contribution >= 4 is 51.5 Å². The Morgan fingerprint density at radius 2 is 2.00 bits per heavy atom. The Bertz CT molecular complexity index is 1630. The van der Waals surface area contributed by atoms with Gasteiger partial charge in [0.1, 0.15) is 5.82 Å². The van der Waals surface area contributed by atoms with Gasteiger partial charge >= 0.3 is 0 Å². The van der Waals surface area contributed by atoms with Crippen LogP contribution in [0, 0.1) is 11.3 Å². The molecular formula is C27H23N9O. The molecule has 1 aliphatic carbocycles. The Labute approximate surface area is 211 Å². The standard InChI is InChI=1S/C27H23N9O/c28-13-17-9-20(3-5-21(17)29)33-27(37)24-11-15-1-2-16(12-23(15)34-24)26-30-8-7-25(35-26)32-19-4-6-22-18(10-19)14-31-36-22/h1-15,23,28,34H,29H2,(H,31,36)(H,33,37)(H,30,32,35). The summed E-state index contributed by atoms with van der Waals surface area (Å²) < 4.78 is 0. The summed E-state index contributed by atoms with van der Waals surface area (Å²) in [6, 6.07) is 12.7. The summed E-state index contributed by atoms with van der Waals surface area (Å²) >= 11 is 0. The zero-order valence-electron chi connectivity index (χ0n) is 19.6.